The summed E-state index contributed by atoms with van der Waals surface area (Å²) in [5, 5.41) is 12.5. The van der Waals surface area contributed by atoms with Crippen LogP contribution in [0.4, 0.5) is 4.39 Å². The zero-order valence-electron chi connectivity index (χ0n) is 16.2. The molecule has 0 spiro atoms. The lowest BCUT2D eigenvalue weighted by molar-refractivity contribution is 0.0949. The van der Waals surface area contributed by atoms with Gasteiger partial charge in [-0.2, -0.15) is 0 Å². The van der Waals surface area contributed by atoms with Crippen molar-refractivity contribution in [3.05, 3.63) is 101 Å². The molecule has 31 heavy (non-hydrogen) atoms. The number of nitrogens with zero attached hydrogens (tertiary/aromatic N) is 4. The molecule has 0 saturated heterocycles. The van der Waals surface area contributed by atoms with Crippen LogP contribution in [0.3, 0.4) is 0 Å². The van der Waals surface area contributed by atoms with Gasteiger partial charge in [-0.05, 0) is 60.2 Å². The number of hydrogen-bond acceptors (Lipinski definition) is 5. The molecule has 0 atom stereocenters. The van der Waals surface area contributed by atoms with Crippen LogP contribution in [0.1, 0.15) is 21.7 Å². The molecule has 9 heteroatoms. The Morgan fingerprint density at radius 3 is 2.58 bits per heavy atom. The summed E-state index contributed by atoms with van der Waals surface area (Å²) in [5.74, 6) is 0.580. The largest absolute Gasteiger partial charge is 0.345 e. The van der Waals surface area contributed by atoms with E-state index in [1.54, 1.807) is 48.8 Å². The maximum atomic E-state index is 13.5. The molecule has 0 unspecified atom stereocenters. The highest BCUT2D eigenvalue weighted by molar-refractivity contribution is 7.98. The van der Waals surface area contributed by atoms with Crippen molar-refractivity contribution in [2.45, 2.75) is 17.5 Å². The first-order valence-corrected chi connectivity index (χ1v) is 10.7. The lowest BCUT2D eigenvalue weighted by Gasteiger charge is -2.11. The van der Waals surface area contributed by atoms with Gasteiger partial charge in [0.25, 0.3) is 5.91 Å². The van der Waals surface area contributed by atoms with Gasteiger partial charge in [-0.1, -0.05) is 29.4 Å². The highest BCUT2D eigenvalue weighted by Crippen LogP contribution is 2.25. The van der Waals surface area contributed by atoms with Crippen molar-refractivity contribution in [2.75, 3.05) is 0 Å². The number of carbonyl (C=O) groups is 1. The van der Waals surface area contributed by atoms with E-state index in [0.29, 0.717) is 33.0 Å². The normalized spacial score (nSPS) is 10.8. The molecule has 4 rings (SSSR count). The summed E-state index contributed by atoms with van der Waals surface area (Å²) in [5.41, 5.74) is 2.24. The third-order valence-electron chi connectivity index (χ3n) is 4.40. The molecule has 2 aromatic heterocycles. The van der Waals surface area contributed by atoms with Crippen LogP contribution in [0.25, 0.3) is 5.69 Å². The number of nitrogens with one attached hydrogen (secondary N) is 1. The molecule has 2 heterocycles. The van der Waals surface area contributed by atoms with Gasteiger partial charge >= 0.3 is 0 Å². The topological polar surface area (TPSA) is 72.7 Å². The Labute approximate surface area is 187 Å². The molecular weight excluding hydrogens is 437 g/mol. The molecule has 1 amide bonds. The summed E-state index contributed by atoms with van der Waals surface area (Å²) in [6, 6.07) is 16.6. The van der Waals surface area contributed by atoms with Gasteiger partial charge in [0.15, 0.2) is 11.0 Å². The SMILES string of the molecule is O=C(NCc1nnc(SCc2ccncc2)n1-c1ccc(F)cc1)c1cccc(Cl)c1. The van der Waals surface area contributed by atoms with Crippen molar-refractivity contribution in [3.8, 4) is 5.69 Å². The number of amides is 1. The van der Waals surface area contributed by atoms with E-state index in [0.717, 1.165) is 5.56 Å². The zero-order valence-corrected chi connectivity index (χ0v) is 17.8. The van der Waals surface area contributed by atoms with Crippen LogP contribution in [-0.4, -0.2) is 25.7 Å². The summed E-state index contributed by atoms with van der Waals surface area (Å²) in [6.07, 6.45) is 3.47. The minimum atomic E-state index is -0.335. The minimum absolute atomic E-state index is 0.144. The monoisotopic (exact) mass is 453 g/mol. The Hall–Kier alpha value is -3.23. The fraction of sp³-hybridized carbons (Fsp3) is 0.0909. The smallest absolute Gasteiger partial charge is 0.251 e. The first kappa shape index (κ1) is 21.0. The molecule has 6 nitrogen and oxygen atoms in total. The lowest BCUT2D eigenvalue weighted by atomic mass is 10.2. The predicted octanol–water partition coefficient (Wildman–Crippen LogP) is 4.68. The third-order valence-corrected chi connectivity index (χ3v) is 5.63. The second-order valence-corrected chi connectivity index (χ2v) is 7.93. The van der Waals surface area contributed by atoms with Gasteiger partial charge < -0.3 is 5.32 Å². The highest BCUT2D eigenvalue weighted by atomic mass is 35.5. The maximum Gasteiger partial charge on any atom is 0.251 e. The van der Waals surface area contributed by atoms with Crippen molar-refractivity contribution < 1.29 is 9.18 Å². The van der Waals surface area contributed by atoms with Gasteiger partial charge in [0, 0.05) is 34.4 Å². The molecule has 156 valence electrons. The number of rotatable bonds is 7. The molecule has 4 aromatic rings. The highest BCUT2D eigenvalue weighted by Gasteiger charge is 2.16. The third kappa shape index (κ3) is 5.28. The second kappa shape index (κ2) is 9.72. The van der Waals surface area contributed by atoms with E-state index in [1.807, 2.05) is 16.7 Å². The minimum Gasteiger partial charge on any atom is -0.345 e. The van der Waals surface area contributed by atoms with Crippen molar-refractivity contribution in [2.24, 2.45) is 0 Å². The van der Waals surface area contributed by atoms with Crippen LogP contribution in [0, 0.1) is 5.82 Å². The molecule has 0 radical (unpaired) electrons. The van der Waals surface area contributed by atoms with Crippen LogP contribution < -0.4 is 5.32 Å². The Bertz CT molecular complexity index is 1180. The fourth-order valence-electron chi connectivity index (χ4n) is 2.88. The Morgan fingerprint density at radius 1 is 1.06 bits per heavy atom. The molecule has 0 saturated carbocycles. The summed E-state index contributed by atoms with van der Waals surface area (Å²) in [4.78, 5) is 16.5. The number of thioether (sulfide) groups is 1. The standard InChI is InChI=1S/C22H17ClFN5OS/c23-17-3-1-2-16(12-17)21(30)26-13-20-27-28-22(31-14-15-8-10-25-11-9-15)29(20)19-6-4-18(24)5-7-19/h1-12H,13-14H2,(H,26,30). The van der Waals surface area contributed by atoms with Crippen LogP contribution in [0.2, 0.25) is 5.02 Å². The van der Waals surface area contributed by atoms with Crippen LogP contribution in [-0.2, 0) is 12.3 Å². The second-order valence-electron chi connectivity index (χ2n) is 6.55. The van der Waals surface area contributed by atoms with Crippen molar-refractivity contribution in [1.29, 1.82) is 0 Å². The van der Waals surface area contributed by atoms with E-state index >= 15 is 0 Å². The number of aromatic nitrogens is 4. The van der Waals surface area contributed by atoms with Crippen molar-refractivity contribution in [3.63, 3.8) is 0 Å². The molecule has 1 N–H and O–H groups in total. The number of pyridine rings is 1. The average molecular weight is 454 g/mol. The Kier molecular flexibility index (Phi) is 6.59. The van der Waals surface area contributed by atoms with Gasteiger partial charge in [0.2, 0.25) is 0 Å². The van der Waals surface area contributed by atoms with E-state index in [9.17, 15) is 9.18 Å². The molecule has 0 aliphatic heterocycles. The molecule has 0 fully saturated rings. The van der Waals surface area contributed by atoms with Gasteiger partial charge in [-0.15, -0.1) is 10.2 Å². The fourth-order valence-corrected chi connectivity index (χ4v) is 3.99. The van der Waals surface area contributed by atoms with E-state index in [4.69, 9.17) is 11.6 Å². The number of hydrogen-bond donors (Lipinski definition) is 1. The van der Waals surface area contributed by atoms with E-state index in [2.05, 4.69) is 20.5 Å². The maximum absolute atomic E-state index is 13.5. The van der Waals surface area contributed by atoms with Gasteiger partial charge in [-0.3, -0.25) is 14.3 Å². The predicted molar refractivity (Wildman–Crippen MR) is 118 cm³/mol. The molecular formula is C22H17ClFN5OS. The van der Waals surface area contributed by atoms with E-state index in [-0.39, 0.29) is 18.3 Å². The number of carbonyl (C=O) groups excluding carboxylic acids is 1. The summed E-state index contributed by atoms with van der Waals surface area (Å²) >= 11 is 7.46. The Morgan fingerprint density at radius 2 is 1.84 bits per heavy atom. The van der Waals surface area contributed by atoms with Crippen LogP contribution in [0.15, 0.2) is 78.2 Å². The van der Waals surface area contributed by atoms with E-state index in [1.165, 1.54) is 23.9 Å². The van der Waals surface area contributed by atoms with Crippen molar-refractivity contribution >= 4 is 29.3 Å². The van der Waals surface area contributed by atoms with Gasteiger partial charge in [0.1, 0.15) is 5.82 Å². The van der Waals surface area contributed by atoms with E-state index < -0.39 is 0 Å². The molecule has 0 bridgehead atoms. The molecule has 0 aliphatic rings. The first-order valence-electron chi connectivity index (χ1n) is 9.36. The molecule has 0 aliphatic carbocycles. The van der Waals surface area contributed by atoms with Gasteiger partial charge in [-0.25, -0.2) is 4.39 Å². The lowest BCUT2D eigenvalue weighted by Crippen LogP contribution is -2.24. The average Bonchev–Trinajstić information content (AvgIpc) is 3.20. The van der Waals surface area contributed by atoms with Crippen molar-refractivity contribution in [1.82, 2.24) is 25.1 Å². The number of halogens is 2. The van der Waals surface area contributed by atoms with Crippen LogP contribution in [0.5, 0.6) is 0 Å². The first-order chi connectivity index (χ1) is 15.1. The number of benzene rings is 2. The van der Waals surface area contributed by atoms with Crippen LogP contribution >= 0.6 is 23.4 Å². The molecule has 2 aromatic carbocycles. The summed E-state index contributed by atoms with van der Waals surface area (Å²) in [7, 11) is 0. The zero-order chi connectivity index (χ0) is 21.6. The summed E-state index contributed by atoms with van der Waals surface area (Å²) in [6.45, 7) is 0.144. The summed E-state index contributed by atoms with van der Waals surface area (Å²) < 4.78 is 15.3. The quantitative estimate of drug-likeness (QED) is 0.411. The Balaban J connectivity index is 1.57. The van der Waals surface area contributed by atoms with Gasteiger partial charge in [0.05, 0.1) is 6.54 Å².